The molecule has 0 fully saturated rings. The molecule has 3 heteroatoms. The van der Waals surface area contributed by atoms with Crippen LogP contribution in [0.4, 0.5) is 0 Å². The van der Waals surface area contributed by atoms with Gasteiger partial charge in [0, 0.05) is 17.1 Å². The van der Waals surface area contributed by atoms with E-state index in [1.54, 1.807) is 7.11 Å². The number of rotatable bonds is 4. The molecule has 0 amide bonds. The van der Waals surface area contributed by atoms with Gasteiger partial charge in [0.05, 0.1) is 7.11 Å². The molecule has 0 saturated heterocycles. The fraction of sp³-hybridized carbons (Fsp3) is 0.294. The van der Waals surface area contributed by atoms with E-state index in [-0.39, 0.29) is 0 Å². The fourth-order valence-corrected chi connectivity index (χ4v) is 3.23. The molecule has 1 aliphatic rings. The summed E-state index contributed by atoms with van der Waals surface area (Å²) in [5.41, 5.74) is 4.16. The lowest BCUT2D eigenvalue weighted by Crippen LogP contribution is -2.18. The Balaban J connectivity index is 1.68. The smallest absolute Gasteiger partial charge is 0.119 e. The van der Waals surface area contributed by atoms with E-state index in [2.05, 4.69) is 51.6 Å². The molecule has 0 radical (unpaired) electrons. The third-order valence-electron chi connectivity index (χ3n) is 3.87. The van der Waals surface area contributed by atoms with Crippen LogP contribution in [0.1, 0.15) is 29.2 Å². The molecule has 1 unspecified atom stereocenters. The second-order valence-corrected chi connectivity index (χ2v) is 6.08. The molecule has 20 heavy (non-hydrogen) atoms. The summed E-state index contributed by atoms with van der Waals surface area (Å²) < 4.78 is 6.43. The van der Waals surface area contributed by atoms with E-state index in [0.717, 1.165) is 18.7 Å². The Kier molecular flexibility index (Phi) is 4.08. The minimum absolute atomic E-state index is 0.462. The van der Waals surface area contributed by atoms with E-state index < -0.39 is 0 Å². The summed E-state index contributed by atoms with van der Waals surface area (Å²) >= 11 is 3.54. The van der Waals surface area contributed by atoms with Crippen molar-refractivity contribution in [2.24, 2.45) is 0 Å². The number of halogens is 1. The second-order valence-electron chi connectivity index (χ2n) is 5.17. The number of nitrogens with one attached hydrogen (secondary N) is 1. The Morgan fingerprint density at radius 1 is 1.25 bits per heavy atom. The Morgan fingerprint density at radius 2 is 2.15 bits per heavy atom. The van der Waals surface area contributed by atoms with E-state index in [1.807, 2.05) is 12.1 Å². The Morgan fingerprint density at radius 3 is 3.00 bits per heavy atom. The standard InChI is InChI=1S/C17H18BrNO/c1-20-15-4-2-3-12(9-15)11-19-17-8-5-13-10-14(18)6-7-16(13)17/h2-4,6-7,9-10,17,19H,5,8,11H2,1H3. The van der Waals surface area contributed by atoms with Gasteiger partial charge in [-0.1, -0.05) is 34.1 Å². The predicted molar refractivity (Wildman–Crippen MR) is 85.0 cm³/mol. The van der Waals surface area contributed by atoms with Gasteiger partial charge >= 0.3 is 0 Å². The van der Waals surface area contributed by atoms with Gasteiger partial charge in [0.25, 0.3) is 0 Å². The zero-order chi connectivity index (χ0) is 13.9. The van der Waals surface area contributed by atoms with Crippen LogP contribution in [0.2, 0.25) is 0 Å². The summed E-state index contributed by atoms with van der Waals surface area (Å²) in [6.07, 6.45) is 2.33. The Bertz CT molecular complexity index is 612. The molecule has 1 atom stereocenters. The molecule has 2 aromatic rings. The number of methoxy groups -OCH3 is 1. The maximum absolute atomic E-state index is 5.26. The summed E-state index contributed by atoms with van der Waals surface area (Å²) in [5.74, 6) is 0.917. The van der Waals surface area contributed by atoms with Gasteiger partial charge in [-0.25, -0.2) is 0 Å². The third kappa shape index (κ3) is 2.89. The summed E-state index contributed by atoms with van der Waals surface area (Å²) in [7, 11) is 1.71. The molecule has 0 aromatic heterocycles. The second kappa shape index (κ2) is 5.98. The molecule has 1 N–H and O–H groups in total. The van der Waals surface area contributed by atoms with E-state index in [1.165, 1.54) is 27.6 Å². The van der Waals surface area contributed by atoms with Gasteiger partial charge in [-0.3, -0.25) is 0 Å². The van der Waals surface area contributed by atoms with Crippen molar-refractivity contribution < 1.29 is 4.74 Å². The molecule has 0 spiro atoms. The fourth-order valence-electron chi connectivity index (χ4n) is 2.82. The highest BCUT2D eigenvalue weighted by molar-refractivity contribution is 9.10. The minimum atomic E-state index is 0.462. The summed E-state index contributed by atoms with van der Waals surface area (Å²) in [5, 5.41) is 3.65. The van der Waals surface area contributed by atoms with Crippen LogP contribution in [-0.2, 0) is 13.0 Å². The van der Waals surface area contributed by atoms with Crippen molar-refractivity contribution in [3.8, 4) is 5.75 Å². The number of fused-ring (bicyclic) bond motifs is 1. The highest BCUT2D eigenvalue weighted by atomic mass is 79.9. The summed E-state index contributed by atoms with van der Waals surface area (Å²) in [6, 6.07) is 15.3. The van der Waals surface area contributed by atoms with Crippen molar-refractivity contribution in [1.29, 1.82) is 0 Å². The van der Waals surface area contributed by atoms with Gasteiger partial charge in [-0.05, 0) is 53.8 Å². The van der Waals surface area contributed by atoms with Crippen molar-refractivity contribution in [2.75, 3.05) is 7.11 Å². The van der Waals surface area contributed by atoms with Gasteiger partial charge in [-0.15, -0.1) is 0 Å². The molecule has 0 aliphatic heterocycles. The minimum Gasteiger partial charge on any atom is -0.497 e. The Labute approximate surface area is 128 Å². The van der Waals surface area contributed by atoms with Crippen LogP contribution >= 0.6 is 15.9 Å². The highest BCUT2D eigenvalue weighted by Crippen LogP contribution is 2.33. The zero-order valence-electron chi connectivity index (χ0n) is 11.5. The number of ether oxygens (including phenoxy) is 1. The normalized spacial score (nSPS) is 17.0. The average molecular weight is 332 g/mol. The maximum Gasteiger partial charge on any atom is 0.119 e. The van der Waals surface area contributed by atoms with Gasteiger partial charge in [0.15, 0.2) is 0 Å². The van der Waals surface area contributed by atoms with Crippen LogP contribution in [0.15, 0.2) is 46.9 Å². The van der Waals surface area contributed by atoms with Crippen LogP contribution in [0.5, 0.6) is 5.75 Å². The molecular formula is C17H18BrNO. The third-order valence-corrected chi connectivity index (χ3v) is 4.36. The predicted octanol–water partition coefficient (Wildman–Crippen LogP) is 4.23. The van der Waals surface area contributed by atoms with Crippen LogP contribution in [0, 0.1) is 0 Å². The first-order valence-electron chi connectivity index (χ1n) is 6.91. The molecular weight excluding hydrogens is 314 g/mol. The van der Waals surface area contributed by atoms with E-state index >= 15 is 0 Å². The first-order valence-corrected chi connectivity index (χ1v) is 7.70. The molecule has 2 aromatic carbocycles. The topological polar surface area (TPSA) is 21.3 Å². The molecule has 2 nitrogen and oxygen atoms in total. The largest absolute Gasteiger partial charge is 0.497 e. The van der Waals surface area contributed by atoms with E-state index in [9.17, 15) is 0 Å². The van der Waals surface area contributed by atoms with Crippen molar-refractivity contribution in [3.05, 3.63) is 63.6 Å². The Hall–Kier alpha value is -1.32. The first kappa shape index (κ1) is 13.7. The van der Waals surface area contributed by atoms with E-state index in [0.29, 0.717) is 6.04 Å². The molecule has 0 heterocycles. The van der Waals surface area contributed by atoms with Gasteiger partial charge in [-0.2, -0.15) is 0 Å². The average Bonchev–Trinajstić information content (AvgIpc) is 2.87. The number of hydrogen-bond acceptors (Lipinski definition) is 2. The molecule has 0 saturated carbocycles. The van der Waals surface area contributed by atoms with Crippen LogP contribution in [-0.4, -0.2) is 7.11 Å². The molecule has 104 valence electrons. The lowest BCUT2D eigenvalue weighted by molar-refractivity contribution is 0.413. The number of hydrogen-bond donors (Lipinski definition) is 1. The van der Waals surface area contributed by atoms with Gasteiger partial charge < -0.3 is 10.1 Å². The number of aryl methyl sites for hydroxylation is 1. The van der Waals surface area contributed by atoms with Crippen molar-refractivity contribution in [2.45, 2.75) is 25.4 Å². The number of benzene rings is 2. The molecule has 1 aliphatic carbocycles. The van der Waals surface area contributed by atoms with Crippen LogP contribution in [0.3, 0.4) is 0 Å². The maximum atomic E-state index is 5.26. The lowest BCUT2D eigenvalue weighted by Gasteiger charge is -2.14. The quantitative estimate of drug-likeness (QED) is 0.904. The van der Waals surface area contributed by atoms with Crippen molar-refractivity contribution in [3.63, 3.8) is 0 Å². The summed E-state index contributed by atoms with van der Waals surface area (Å²) in [6.45, 7) is 0.872. The van der Waals surface area contributed by atoms with Gasteiger partial charge in [0.2, 0.25) is 0 Å². The highest BCUT2D eigenvalue weighted by Gasteiger charge is 2.21. The van der Waals surface area contributed by atoms with Crippen LogP contribution in [0.25, 0.3) is 0 Å². The lowest BCUT2D eigenvalue weighted by atomic mass is 10.1. The van der Waals surface area contributed by atoms with Crippen molar-refractivity contribution >= 4 is 15.9 Å². The first-order chi connectivity index (χ1) is 9.76. The summed E-state index contributed by atoms with van der Waals surface area (Å²) in [4.78, 5) is 0. The zero-order valence-corrected chi connectivity index (χ0v) is 13.1. The molecule has 3 rings (SSSR count). The van der Waals surface area contributed by atoms with E-state index in [4.69, 9.17) is 4.74 Å². The SMILES string of the molecule is COc1cccc(CNC2CCc3cc(Br)ccc32)c1. The van der Waals surface area contributed by atoms with Crippen LogP contribution < -0.4 is 10.1 Å². The van der Waals surface area contributed by atoms with Gasteiger partial charge in [0.1, 0.15) is 5.75 Å². The monoisotopic (exact) mass is 331 g/mol. The molecule has 0 bridgehead atoms. The van der Waals surface area contributed by atoms with Crippen molar-refractivity contribution in [1.82, 2.24) is 5.32 Å².